The number of aryl methyl sites for hydroxylation is 2. The third-order valence-electron chi connectivity index (χ3n) is 6.28. The predicted molar refractivity (Wildman–Crippen MR) is 108 cm³/mol. The van der Waals surface area contributed by atoms with E-state index in [1.807, 2.05) is 18.7 Å². The van der Waals surface area contributed by atoms with Crippen molar-refractivity contribution in [3.8, 4) is 0 Å². The fourth-order valence-corrected chi connectivity index (χ4v) is 4.47. The number of halogens is 2. The van der Waals surface area contributed by atoms with Gasteiger partial charge in [0.15, 0.2) is 0 Å². The van der Waals surface area contributed by atoms with Crippen molar-refractivity contribution in [1.29, 1.82) is 0 Å². The largest absolute Gasteiger partial charge is 0.361 e. The number of carbonyl (C=O) groups excluding carboxylic acids is 1. The lowest BCUT2D eigenvalue weighted by Crippen LogP contribution is -2.47. The van der Waals surface area contributed by atoms with Gasteiger partial charge in [-0.3, -0.25) is 4.79 Å². The van der Waals surface area contributed by atoms with Gasteiger partial charge in [0.2, 0.25) is 5.91 Å². The maximum Gasteiger partial charge on any atom is 0.227 e. The van der Waals surface area contributed by atoms with Gasteiger partial charge in [0.25, 0.3) is 0 Å². The van der Waals surface area contributed by atoms with Gasteiger partial charge in [-0.1, -0.05) is 49.5 Å². The lowest BCUT2D eigenvalue weighted by Gasteiger charge is -2.42. The predicted octanol–water partition coefficient (Wildman–Crippen LogP) is 5.48. The van der Waals surface area contributed by atoms with Crippen LogP contribution in [0.2, 0.25) is 5.02 Å². The molecular formula is C22H28ClFN2O2. The third-order valence-corrected chi connectivity index (χ3v) is 6.64. The molecule has 6 heteroatoms. The van der Waals surface area contributed by atoms with E-state index in [1.54, 1.807) is 12.1 Å². The summed E-state index contributed by atoms with van der Waals surface area (Å²) in [5.41, 5.74) is 1.91. The normalized spacial score (nSPS) is 22.3. The van der Waals surface area contributed by atoms with Crippen LogP contribution in [0.3, 0.4) is 0 Å². The highest BCUT2D eigenvalue weighted by Gasteiger charge is 2.35. The van der Waals surface area contributed by atoms with E-state index < -0.39 is 0 Å². The fraction of sp³-hybridized carbons (Fsp3) is 0.545. The molecule has 3 rings (SSSR count). The molecule has 0 aliphatic heterocycles. The monoisotopic (exact) mass is 406 g/mol. The second-order valence-corrected chi connectivity index (χ2v) is 8.44. The van der Waals surface area contributed by atoms with Gasteiger partial charge in [-0.25, -0.2) is 4.39 Å². The highest BCUT2D eigenvalue weighted by atomic mass is 35.5. The molecule has 1 aliphatic carbocycles. The van der Waals surface area contributed by atoms with E-state index in [-0.39, 0.29) is 30.7 Å². The number of amides is 1. The van der Waals surface area contributed by atoms with E-state index >= 15 is 0 Å². The van der Waals surface area contributed by atoms with Gasteiger partial charge < -0.3 is 9.42 Å². The van der Waals surface area contributed by atoms with E-state index in [1.165, 1.54) is 6.07 Å². The number of carbonyl (C=O) groups is 1. The summed E-state index contributed by atoms with van der Waals surface area (Å²) >= 11 is 6.27. The molecule has 1 heterocycles. The highest BCUT2D eigenvalue weighted by Crippen LogP contribution is 2.35. The van der Waals surface area contributed by atoms with Crippen molar-refractivity contribution in [2.24, 2.45) is 11.8 Å². The number of nitrogens with zero attached hydrogens (tertiary/aromatic N) is 2. The summed E-state index contributed by atoms with van der Waals surface area (Å²) < 4.78 is 19.7. The lowest BCUT2D eigenvalue weighted by molar-refractivity contribution is -0.136. The molecule has 1 fully saturated rings. The van der Waals surface area contributed by atoms with Crippen molar-refractivity contribution in [3.63, 3.8) is 0 Å². The maximum atomic E-state index is 14.5. The molecule has 1 saturated carbocycles. The number of rotatable bonds is 5. The van der Waals surface area contributed by atoms with Gasteiger partial charge in [0.1, 0.15) is 11.6 Å². The molecule has 0 bridgehead atoms. The van der Waals surface area contributed by atoms with Gasteiger partial charge in [0.05, 0.1) is 18.7 Å². The Balaban J connectivity index is 1.93. The van der Waals surface area contributed by atoms with Crippen molar-refractivity contribution in [3.05, 3.63) is 51.6 Å². The second-order valence-electron chi connectivity index (χ2n) is 8.04. The molecule has 0 N–H and O–H groups in total. The lowest BCUT2D eigenvalue weighted by atomic mass is 9.77. The zero-order chi connectivity index (χ0) is 20.4. The molecule has 1 aromatic carbocycles. The Morgan fingerprint density at radius 2 is 2.04 bits per heavy atom. The van der Waals surface area contributed by atoms with Gasteiger partial charge >= 0.3 is 0 Å². The molecule has 1 aromatic heterocycles. The van der Waals surface area contributed by atoms with Crippen molar-refractivity contribution >= 4 is 17.5 Å². The van der Waals surface area contributed by atoms with Crippen molar-refractivity contribution in [2.75, 3.05) is 0 Å². The zero-order valence-corrected chi connectivity index (χ0v) is 17.7. The summed E-state index contributed by atoms with van der Waals surface area (Å²) in [7, 11) is 0. The van der Waals surface area contributed by atoms with Gasteiger partial charge in [0, 0.05) is 22.2 Å². The summed E-state index contributed by atoms with van der Waals surface area (Å²) in [5.74, 6) is 1.09. The van der Waals surface area contributed by atoms with E-state index in [0.717, 1.165) is 30.5 Å². The number of hydrogen-bond donors (Lipinski definition) is 0. The molecule has 0 saturated heterocycles. The van der Waals surface area contributed by atoms with Crippen LogP contribution in [0.4, 0.5) is 4.39 Å². The van der Waals surface area contributed by atoms with Gasteiger partial charge in [-0.2, -0.15) is 0 Å². The Morgan fingerprint density at radius 3 is 2.68 bits per heavy atom. The minimum atomic E-state index is -0.376. The number of aromatic nitrogens is 1. The van der Waals surface area contributed by atoms with Crippen LogP contribution in [0.5, 0.6) is 0 Å². The summed E-state index contributed by atoms with van der Waals surface area (Å²) in [5, 5.41) is 4.31. The third kappa shape index (κ3) is 4.24. The Bertz CT molecular complexity index is 811. The van der Waals surface area contributed by atoms with Crippen LogP contribution < -0.4 is 0 Å². The Labute approximate surface area is 171 Å². The van der Waals surface area contributed by atoms with E-state index in [4.69, 9.17) is 16.1 Å². The van der Waals surface area contributed by atoms with Crippen molar-refractivity contribution in [1.82, 2.24) is 10.1 Å². The molecule has 3 atom stereocenters. The molecule has 2 aromatic rings. The molecule has 0 unspecified atom stereocenters. The van der Waals surface area contributed by atoms with Crippen LogP contribution >= 0.6 is 11.6 Å². The zero-order valence-electron chi connectivity index (χ0n) is 17.0. The standard InChI is InChI=1S/C22H28ClFN2O2/c1-13-7-5-10-21(14(13)2)26(12-18-19(23)8-6-9-20(18)24)22(27)11-17-15(3)25-28-16(17)4/h6,8-9,13-14,21H,5,7,10-12H2,1-4H3/t13-,14+,21-/m1/s1. The first-order valence-electron chi connectivity index (χ1n) is 9.93. The van der Waals surface area contributed by atoms with Crippen LogP contribution in [-0.2, 0) is 17.8 Å². The van der Waals surface area contributed by atoms with Crippen LogP contribution in [-0.4, -0.2) is 22.0 Å². The summed E-state index contributed by atoms with van der Waals surface area (Å²) in [6.45, 7) is 8.24. The first-order chi connectivity index (χ1) is 13.3. The number of hydrogen-bond acceptors (Lipinski definition) is 3. The molecule has 152 valence electrons. The molecule has 4 nitrogen and oxygen atoms in total. The van der Waals surface area contributed by atoms with Gasteiger partial charge in [-0.15, -0.1) is 0 Å². The molecule has 1 amide bonds. The first kappa shape index (κ1) is 20.8. The average Bonchev–Trinajstić information content (AvgIpc) is 2.96. The molecule has 0 radical (unpaired) electrons. The summed E-state index contributed by atoms with van der Waals surface area (Å²) in [6, 6.07) is 4.71. The second kappa shape index (κ2) is 8.64. The Hall–Kier alpha value is -1.88. The molecule has 28 heavy (non-hydrogen) atoms. The maximum absolute atomic E-state index is 14.5. The molecule has 0 spiro atoms. The highest BCUT2D eigenvalue weighted by molar-refractivity contribution is 6.31. The topological polar surface area (TPSA) is 46.3 Å². The summed E-state index contributed by atoms with van der Waals surface area (Å²) in [4.78, 5) is 15.2. The van der Waals surface area contributed by atoms with Crippen LogP contribution in [0.15, 0.2) is 22.7 Å². The average molecular weight is 407 g/mol. The van der Waals surface area contributed by atoms with E-state index in [0.29, 0.717) is 28.2 Å². The quantitative estimate of drug-likeness (QED) is 0.660. The number of benzene rings is 1. The van der Waals surface area contributed by atoms with Crippen molar-refractivity contribution in [2.45, 2.75) is 66.0 Å². The summed E-state index contributed by atoms with van der Waals surface area (Å²) in [6.07, 6.45) is 3.34. The smallest absolute Gasteiger partial charge is 0.227 e. The van der Waals surface area contributed by atoms with Crippen LogP contribution in [0.25, 0.3) is 0 Å². The molecular weight excluding hydrogens is 379 g/mol. The Kier molecular flexibility index (Phi) is 6.43. The first-order valence-corrected chi connectivity index (χ1v) is 10.3. The fourth-order valence-electron chi connectivity index (χ4n) is 4.24. The van der Waals surface area contributed by atoms with Crippen molar-refractivity contribution < 1.29 is 13.7 Å². The minimum Gasteiger partial charge on any atom is -0.361 e. The van der Waals surface area contributed by atoms with Crippen LogP contribution in [0, 0.1) is 31.5 Å². The minimum absolute atomic E-state index is 0.0420. The Morgan fingerprint density at radius 1 is 1.29 bits per heavy atom. The van der Waals surface area contributed by atoms with E-state index in [2.05, 4.69) is 19.0 Å². The SMILES string of the molecule is Cc1noc(C)c1CC(=O)N(Cc1c(F)cccc1Cl)[C@@H]1CCC[C@@H](C)[C@@H]1C. The van der Waals surface area contributed by atoms with Gasteiger partial charge in [-0.05, 0) is 44.2 Å². The van der Waals surface area contributed by atoms with Crippen LogP contribution in [0.1, 0.15) is 55.7 Å². The molecule has 1 aliphatic rings. The van der Waals surface area contributed by atoms with E-state index in [9.17, 15) is 9.18 Å².